The molecule has 0 spiro atoms. The lowest BCUT2D eigenvalue weighted by Crippen LogP contribution is -2.42. The first-order valence-electron chi connectivity index (χ1n) is 8.62. The number of methoxy groups -OCH3 is 1. The normalized spacial score (nSPS) is 15.7. The Morgan fingerprint density at radius 3 is 2.36 bits per heavy atom. The van der Waals surface area contributed by atoms with Crippen molar-refractivity contribution in [1.82, 2.24) is 9.80 Å². The number of ether oxygens (including phenoxy) is 1. The summed E-state index contributed by atoms with van der Waals surface area (Å²) in [6.45, 7) is 8.05. The maximum Gasteiger partial charge on any atom is 0.228 e. The van der Waals surface area contributed by atoms with Crippen LogP contribution in [0.4, 0.5) is 4.39 Å². The third-order valence-electron chi connectivity index (χ3n) is 4.35. The summed E-state index contributed by atoms with van der Waals surface area (Å²) in [5, 5.41) is 0. The van der Waals surface area contributed by atoms with Crippen LogP contribution in [0.5, 0.6) is 5.75 Å². The Labute approximate surface area is 148 Å². The van der Waals surface area contributed by atoms with Crippen LogP contribution >= 0.6 is 0 Å². The molecular weight excluding hydrogens is 323 g/mol. The summed E-state index contributed by atoms with van der Waals surface area (Å²) in [5.41, 5.74) is 0.204. The lowest BCUT2D eigenvalue weighted by Gasteiger charge is -2.28. The van der Waals surface area contributed by atoms with Gasteiger partial charge in [-0.2, -0.15) is 0 Å². The van der Waals surface area contributed by atoms with Gasteiger partial charge in [-0.3, -0.25) is 9.59 Å². The van der Waals surface area contributed by atoms with Crippen molar-refractivity contribution in [3.05, 3.63) is 29.6 Å². The summed E-state index contributed by atoms with van der Waals surface area (Å²) in [6, 6.07) is 4.57. The van der Waals surface area contributed by atoms with Gasteiger partial charge in [0.25, 0.3) is 0 Å². The van der Waals surface area contributed by atoms with Gasteiger partial charge in [-0.05, 0) is 24.1 Å². The van der Waals surface area contributed by atoms with E-state index in [2.05, 4.69) is 0 Å². The summed E-state index contributed by atoms with van der Waals surface area (Å²) >= 11 is 0. The molecule has 0 aliphatic carbocycles. The van der Waals surface area contributed by atoms with E-state index in [4.69, 9.17) is 4.74 Å². The van der Waals surface area contributed by atoms with Gasteiger partial charge in [0.05, 0.1) is 13.5 Å². The topological polar surface area (TPSA) is 49.9 Å². The fraction of sp³-hybridized carbons (Fsp3) is 0.579. The highest BCUT2D eigenvalue weighted by Crippen LogP contribution is 2.20. The third kappa shape index (κ3) is 4.94. The minimum absolute atomic E-state index is 0.0466. The minimum atomic E-state index is -0.467. The maximum atomic E-state index is 13.8. The first-order valence-corrected chi connectivity index (χ1v) is 8.62. The van der Waals surface area contributed by atoms with Crippen LogP contribution in [0.25, 0.3) is 0 Å². The van der Waals surface area contributed by atoms with E-state index < -0.39 is 11.2 Å². The van der Waals surface area contributed by atoms with Crippen LogP contribution in [0, 0.1) is 11.2 Å². The molecular formula is C19H27FN2O3. The smallest absolute Gasteiger partial charge is 0.228 e. The van der Waals surface area contributed by atoms with E-state index >= 15 is 0 Å². The quantitative estimate of drug-likeness (QED) is 0.841. The lowest BCUT2D eigenvalue weighted by molar-refractivity contribution is -0.139. The van der Waals surface area contributed by atoms with E-state index in [0.717, 1.165) is 6.42 Å². The second-order valence-corrected chi connectivity index (χ2v) is 7.42. The predicted molar refractivity (Wildman–Crippen MR) is 93.9 cm³/mol. The Morgan fingerprint density at radius 1 is 1.12 bits per heavy atom. The third-order valence-corrected chi connectivity index (χ3v) is 4.35. The number of hydrogen-bond acceptors (Lipinski definition) is 3. The van der Waals surface area contributed by atoms with Crippen LogP contribution in [0.15, 0.2) is 18.2 Å². The largest absolute Gasteiger partial charge is 0.494 e. The van der Waals surface area contributed by atoms with Crippen LogP contribution in [0.3, 0.4) is 0 Å². The minimum Gasteiger partial charge on any atom is -0.494 e. The zero-order valence-corrected chi connectivity index (χ0v) is 15.5. The molecule has 1 aliphatic heterocycles. The van der Waals surface area contributed by atoms with Gasteiger partial charge in [0.15, 0.2) is 11.6 Å². The van der Waals surface area contributed by atoms with Gasteiger partial charge in [0, 0.05) is 31.6 Å². The first-order chi connectivity index (χ1) is 11.7. The van der Waals surface area contributed by atoms with Gasteiger partial charge in [-0.1, -0.05) is 26.8 Å². The number of nitrogens with zero attached hydrogens (tertiary/aromatic N) is 2. The van der Waals surface area contributed by atoms with Crippen molar-refractivity contribution in [3.8, 4) is 5.75 Å². The molecule has 1 aromatic carbocycles. The van der Waals surface area contributed by atoms with E-state index in [1.54, 1.807) is 11.0 Å². The molecule has 2 amide bonds. The van der Waals surface area contributed by atoms with Gasteiger partial charge >= 0.3 is 0 Å². The summed E-state index contributed by atoms with van der Waals surface area (Å²) in [6.07, 6.45) is 0.901. The molecule has 1 aliphatic rings. The van der Waals surface area contributed by atoms with E-state index in [-0.39, 0.29) is 24.0 Å². The molecule has 1 aromatic rings. The fourth-order valence-electron chi connectivity index (χ4n) is 2.95. The molecule has 25 heavy (non-hydrogen) atoms. The van der Waals surface area contributed by atoms with Crippen molar-refractivity contribution >= 4 is 11.8 Å². The Bertz CT molecular complexity index is 640. The Balaban J connectivity index is 1.97. The van der Waals surface area contributed by atoms with Gasteiger partial charge < -0.3 is 14.5 Å². The highest BCUT2D eigenvalue weighted by atomic mass is 19.1. The van der Waals surface area contributed by atoms with Crippen molar-refractivity contribution in [2.75, 3.05) is 33.3 Å². The Morgan fingerprint density at radius 2 is 1.76 bits per heavy atom. The average molecular weight is 350 g/mol. The highest BCUT2D eigenvalue weighted by molar-refractivity contribution is 5.82. The zero-order chi connectivity index (χ0) is 18.6. The molecule has 0 N–H and O–H groups in total. The molecule has 0 unspecified atom stereocenters. The first kappa shape index (κ1) is 19.2. The number of rotatable bonds is 3. The number of halogens is 1. The second-order valence-electron chi connectivity index (χ2n) is 7.42. The molecule has 1 fully saturated rings. The average Bonchev–Trinajstić information content (AvgIpc) is 2.79. The Kier molecular flexibility index (Phi) is 6.03. The number of hydrogen-bond donors (Lipinski definition) is 0. The molecule has 0 bridgehead atoms. The number of carbonyl (C=O) groups is 2. The summed E-state index contributed by atoms with van der Waals surface area (Å²) in [5.74, 6) is -0.235. The highest BCUT2D eigenvalue weighted by Gasteiger charge is 2.29. The fourth-order valence-corrected chi connectivity index (χ4v) is 2.95. The molecule has 2 rings (SSSR count). The van der Waals surface area contributed by atoms with E-state index in [0.29, 0.717) is 31.7 Å². The van der Waals surface area contributed by atoms with Crippen LogP contribution in [-0.2, 0) is 16.0 Å². The van der Waals surface area contributed by atoms with Crippen LogP contribution in [-0.4, -0.2) is 54.9 Å². The molecule has 1 heterocycles. The van der Waals surface area contributed by atoms with Crippen LogP contribution < -0.4 is 4.74 Å². The van der Waals surface area contributed by atoms with Crippen molar-refractivity contribution in [1.29, 1.82) is 0 Å². The Hall–Kier alpha value is -2.11. The van der Waals surface area contributed by atoms with Gasteiger partial charge in [-0.15, -0.1) is 0 Å². The summed E-state index contributed by atoms with van der Waals surface area (Å²) in [4.78, 5) is 28.5. The van der Waals surface area contributed by atoms with E-state index in [1.807, 2.05) is 25.7 Å². The lowest BCUT2D eigenvalue weighted by atomic mass is 9.94. The van der Waals surface area contributed by atoms with Gasteiger partial charge in [-0.25, -0.2) is 4.39 Å². The molecule has 6 heteroatoms. The van der Waals surface area contributed by atoms with Gasteiger partial charge in [0.1, 0.15) is 0 Å². The van der Waals surface area contributed by atoms with Crippen molar-refractivity contribution < 1.29 is 18.7 Å². The van der Waals surface area contributed by atoms with Crippen LogP contribution in [0.1, 0.15) is 32.8 Å². The SMILES string of the molecule is COc1ccc(CC(=O)N2CCCN(C(=O)C(C)(C)C)CC2)cc1F. The number of benzene rings is 1. The summed E-state index contributed by atoms with van der Waals surface area (Å²) < 4.78 is 18.7. The van der Waals surface area contributed by atoms with Crippen molar-refractivity contribution in [2.45, 2.75) is 33.6 Å². The number of amides is 2. The van der Waals surface area contributed by atoms with Crippen molar-refractivity contribution in [3.63, 3.8) is 0 Å². The number of carbonyl (C=O) groups excluding carboxylic acids is 2. The molecule has 0 atom stereocenters. The van der Waals surface area contributed by atoms with E-state index in [9.17, 15) is 14.0 Å². The molecule has 0 aromatic heterocycles. The molecule has 5 nitrogen and oxygen atoms in total. The molecule has 0 saturated carbocycles. The van der Waals surface area contributed by atoms with Crippen LogP contribution in [0.2, 0.25) is 0 Å². The molecule has 138 valence electrons. The molecule has 0 radical (unpaired) electrons. The zero-order valence-electron chi connectivity index (χ0n) is 15.5. The monoisotopic (exact) mass is 350 g/mol. The van der Waals surface area contributed by atoms with Gasteiger partial charge in [0.2, 0.25) is 11.8 Å². The van der Waals surface area contributed by atoms with Crippen molar-refractivity contribution in [2.24, 2.45) is 5.41 Å². The van der Waals surface area contributed by atoms with E-state index in [1.165, 1.54) is 19.2 Å². The predicted octanol–water partition coefficient (Wildman–Crippen LogP) is 2.48. The molecule has 1 saturated heterocycles. The second kappa shape index (κ2) is 7.85. The summed E-state index contributed by atoms with van der Waals surface area (Å²) in [7, 11) is 1.41. The standard InChI is InChI=1S/C19H27FN2O3/c1-19(2,3)18(24)22-9-5-8-21(10-11-22)17(23)13-14-6-7-16(25-4)15(20)12-14/h6-7,12H,5,8-11,13H2,1-4H3. The maximum absolute atomic E-state index is 13.8.